The minimum absolute atomic E-state index is 0.101. The van der Waals surface area contributed by atoms with Gasteiger partial charge in [0.25, 0.3) is 5.91 Å². The van der Waals surface area contributed by atoms with E-state index in [-0.39, 0.29) is 22.1 Å². The molecule has 2 aromatic heterocycles. The number of hydrogen-bond acceptors (Lipinski definition) is 4. The fraction of sp³-hybridized carbons (Fsp3) is 0.235. The topological polar surface area (TPSA) is 68.5 Å². The van der Waals surface area contributed by atoms with Gasteiger partial charge in [-0.05, 0) is 37.6 Å². The molecule has 0 spiro atoms. The number of nitrogens with one attached hydrogen (secondary N) is 1. The second kappa shape index (κ2) is 6.73. The zero-order valence-corrected chi connectivity index (χ0v) is 15.2. The molecular weight excluding hydrogens is 385 g/mol. The Morgan fingerprint density at radius 1 is 1.26 bits per heavy atom. The number of amides is 1. The van der Waals surface area contributed by atoms with Crippen LogP contribution in [0.25, 0.3) is 5.65 Å². The van der Waals surface area contributed by atoms with Crippen molar-refractivity contribution in [2.24, 2.45) is 0 Å². The first-order valence-electron chi connectivity index (χ1n) is 7.71. The van der Waals surface area contributed by atoms with Crippen LogP contribution in [-0.4, -0.2) is 27.6 Å². The number of carbonyl (C=O) groups is 1. The maximum atomic E-state index is 13.3. The van der Waals surface area contributed by atoms with Crippen LogP contribution in [0.5, 0.6) is 5.75 Å². The van der Waals surface area contributed by atoms with E-state index in [1.165, 1.54) is 14.0 Å². The molecule has 0 fully saturated rings. The summed E-state index contributed by atoms with van der Waals surface area (Å²) in [5.74, 6) is -0.390. The molecule has 3 aromatic rings. The van der Waals surface area contributed by atoms with Crippen molar-refractivity contribution < 1.29 is 22.7 Å². The lowest BCUT2D eigenvalue weighted by Gasteiger charge is -2.10. The van der Waals surface area contributed by atoms with Gasteiger partial charge in [0.15, 0.2) is 11.3 Å². The molecule has 0 atom stereocenters. The van der Waals surface area contributed by atoms with Crippen molar-refractivity contribution in [3.8, 4) is 5.75 Å². The average Bonchev–Trinajstić information content (AvgIpc) is 2.90. The summed E-state index contributed by atoms with van der Waals surface area (Å²) in [6.45, 7) is 3.21. The second-order valence-electron chi connectivity index (χ2n) is 5.84. The van der Waals surface area contributed by atoms with E-state index < -0.39 is 17.8 Å². The molecule has 6 nitrogen and oxygen atoms in total. The highest BCUT2D eigenvalue weighted by Crippen LogP contribution is 2.33. The number of hydrogen-bond donors (Lipinski definition) is 1. The van der Waals surface area contributed by atoms with E-state index >= 15 is 0 Å². The van der Waals surface area contributed by atoms with Gasteiger partial charge in [-0.3, -0.25) is 4.79 Å². The number of aromatic nitrogens is 3. The quantitative estimate of drug-likeness (QED) is 0.715. The predicted molar refractivity (Wildman–Crippen MR) is 93.4 cm³/mol. The summed E-state index contributed by atoms with van der Waals surface area (Å²) >= 11 is 6.11. The lowest BCUT2D eigenvalue weighted by atomic mass is 10.2. The maximum Gasteiger partial charge on any atom is 0.433 e. The zero-order valence-electron chi connectivity index (χ0n) is 14.5. The Bertz CT molecular complexity index is 1050. The van der Waals surface area contributed by atoms with Crippen molar-refractivity contribution in [3.63, 3.8) is 0 Å². The third-order valence-corrected chi connectivity index (χ3v) is 4.12. The monoisotopic (exact) mass is 398 g/mol. The minimum Gasteiger partial charge on any atom is -0.495 e. The first kappa shape index (κ1) is 19.0. The van der Waals surface area contributed by atoms with Gasteiger partial charge >= 0.3 is 6.18 Å². The Hall–Kier alpha value is -2.81. The summed E-state index contributed by atoms with van der Waals surface area (Å²) < 4.78 is 45.5. The first-order valence-corrected chi connectivity index (χ1v) is 8.08. The second-order valence-corrected chi connectivity index (χ2v) is 6.21. The number of fused-ring (bicyclic) bond motifs is 1. The molecule has 1 aromatic carbocycles. The van der Waals surface area contributed by atoms with Gasteiger partial charge in [0, 0.05) is 5.69 Å². The molecule has 10 heteroatoms. The number of halogens is 4. The molecule has 142 valence electrons. The highest BCUT2D eigenvalue weighted by Gasteiger charge is 2.36. The third-order valence-electron chi connectivity index (χ3n) is 3.77. The van der Waals surface area contributed by atoms with Crippen LogP contribution in [0.2, 0.25) is 5.02 Å². The Morgan fingerprint density at radius 2 is 1.96 bits per heavy atom. The van der Waals surface area contributed by atoms with Crippen molar-refractivity contribution in [2.75, 3.05) is 12.4 Å². The number of ether oxygens (including phenoxy) is 1. The van der Waals surface area contributed by atoms with E-state index in [1.54, 1.807) is 18.2 Å². The summed E-state index contributed by atoms with van der Waals surface area (Å²) in [7, 11) is 1.43. The fourth-order valence-electron chi connectivity index (χ4n) is 2.56. The van der Waals surface area contributed by atoms with Gasteiger partial charge in [-0.2, -0.15) is 18.3 Å². The number of alkyl halides is 3. The van der Waals surface area contributed by atoms with Gasteiger partial charge in [-0.15, -0.1) is 0 Å². The lowest BCUT2D eigenvalue weighted by Crippen LogP contribution is -2.16. The van der Waals surface area contributed by atoms with Crippen LogP contribution in [0.15, 0.2) is 24.3 Å². The van der Waals surface area contributed by atoms with E-state index in [0.717, 1.165) is 11.6 Å². The Morgan fingerprint density at radius 3 is 2.59 bits per heavy atom. The average molecular weight is 399 g/mol. The summed E-state index contributed by atoms with van der Waals surface area (Å²) in [6.07, 6.45) is -4.69. The van der Waals surface area contributed by atoms with Crippen LogP contribution < -0.4 is 10.1 Å². The summed E-state index contributed by atoms with van der Waals surface area (Å²) in [4.78, 5) is 16.6. The van der Waals surface area contributed by atoms with Gasteiger partial charge < -0.3 is 10.1 Å². The number of carbonyl (C=O) groups excluding carboxylic acids is 1. The lowest BCUT2D eigenvalue weighted by molar-refractivity contribution is -0.142. The zero-order chi connectivity index (χ0) is 19.9. The van der Waals surface area contributed by atoms with Crippen molar-refractivity contribution >= 4 is 28.8 Å². The number of anilines is 1. The molecule has 0 unspecified atom stereocenters. The molecule has 2 heterocycles. The number of methoxy groups -OCH3 is 1. The molecule has 3 rings (SSSR count). The number of nitrogens with zero attached hydrogens (tertiary/aromatic N) is 3. The van der Waals surface area contributed by atoms with Crippen LogP contribution in [0, 0.1) is 13.8 Å². The van der Waals surface area contributed by atoms with E-state index in [4.69, 9.17) is 16.3 Å². The molecule has 1 N–H and O–H groups in total. The first-order chi connectivity index (χ1) is 12.6. The SMILES string of the molecule is COc1ccc(C)cc1NC(=O)c1nn2c(C(F)(F)F)cc(C)nc2c1Cl. The summed E-state index contributed by atoms with van der Waals surface area (Å²) in [5.41, 5.74) is -0.392. The van der Waals surface area contributed by atoms with Gasteiger partial charge in [-0.25, -0.2) is 9.50 Å². The smallest absolute Gasteiger partial charge is 0.433 e. The molecule has 1 amide bonds. The van der Waals surface area contributed by atoms with Crippen LogP contribution >= 0.6 is 11.6 Å². The normalized spacial score (nSPS) is 11.7. The summed E-state index contributed by atoms with van der Waals surface area (Å²) in [5, 5.41) is 6.03. The number of rotatable bonds is 3. The van der Waals surface area contributed by atoms with Crippen LogP contribution in [-0.2, 0) is 6.18 Å². The highest BCUT2D eigenvalue weighted by atomic mass is 35.5. The van der Waals surface area contributed by atoms with E-state index in [1.807, 2.05) is 6.92 Å². The van der Waals surface area contributed by atoms with Gasteiger partial charge in [-0.1, -0.05) is 17.7 Å². The molecule has 27 heavy (non-hydrogen) atoms. The molecule has 0 aliphatic rings. The largest absolute Gasteiger partial charge is 0.495 e. The standard InChI is InChI=1S/C17H14ClF3N4O2/c1-8-4-5-11(27-3)10(6-8)23-16(26)14-13(18)15-22-9(2)7-12(17(19,20)21)25(15)24-14/h4-7H,1-3H3,(H,23,26). The third kappa shape index (κ3) is 3.55. The molecule has 0 bridgehead atoms. The van der Waals surface area contributed by atoms with Crippen molar-refractivity contribution in [2.45, 2.75) is 20.0 Å². The fourth-order valence-corrected chi connectivity index (χ4v) is 2.81. The molecule has 0 saturated carbocycles. The number of benzene rings is 1. The Balaban J connectivity index is 2.09. The number of aryl methyl sites for hydroxylation is 2. The van der Waals surface area contributed by atoms with Crippen molar-refractivity contribution in [3.05, 3.63) is 51.9 Å². The summed E-state index contributed by atoms with van der Waals surface area (Å²) in [6, 6.07) is 5.93. The van der Waals surface area contributed by atoms with Crippen LogP contribution in [0.3, 0.4) is 0 Å². The molecule has 0 saturated heterocycles. The molecule has 0 aliphatic heterocycles. The highest BCUT2D eigenvalue weighted by molar-refractivity contribution is 6.37. The van der Waals surface area contributed by atoms with E-state index in [2.05, 4.69) is 15.4 Å². The van der Waals surface area contributed by atoms with Crippen molar-refractivity contribution in [1.29, 1.82) is 0 Å². The van der Waals surface area contributed by atoms with Gasteiger partial charge in [0.1, 0.15) is 16.5 Å². The van der Waals surface area contributed by atoms with Crippen molar-refractivity contribution in [1.82, 2.24) is 14.6 Å². The van der Waals surface area contributed by atoms with E-state index in [9.17, 15) is 18.0 Å². The predicted octanol–water partition coefficient (Wildman–Crippen LogP) is 4.28. The maximum absolute atomic E-state index is 13.3. The molecule has 0 aliphatic carbocycles. The molecule has 0 radical (unpaired) electrons. The van der Waals surface area contributed by atoms with Crippen LogP contribution in [0.1, 0.15) is 27.4 Å². The van der Waals surface area contributed by atoms with Crippen LogP contribution in [0.4, 0.5) is 18.9 Å². The van der Waals surface area contributed by atoms with E-state index in [0.29, 0.717) is 16.0 Å². The minimum atomic E-state index is -4.69. The molecular formula is C17H14ClF3N4O2. The Labute approximate surface area is 156 Å². The van der Waals surface area contributed by atoms with Gasteiger partial charge in [0.2, 0.25) is 0 Å². The van der Waals surface area contributed by atoms with Gasteiger partial charge in [0.05, 0.1) is 12.8 Å². The Kier molecular flexibility index (Phi) is 4.73.